The number of nitrogens with two attached hydrogens (primary N) is 1. The summed E-state index contributed by atoms with van der Waals surface area (Å²) in [6.45, 7) is 8.29. The molecule has 0 amide bonds. The van der Waals surface area contributed by atoms with Crippen LogP contribution in [0.25, 0.3) is 0 Å². The first-order valence-electron chi connectivity index (χ1n) is 10.5. The SMILES string of the molecule is CN1CCN(c2cc(CN=C(N)N3CCN(c4ccc(Cl)cc4)CC3)ccn2)CC1.I. The maximum Gasteiger partial charge on any atom is 0.191 e. The quantitative estimate of drug-likeness (QED) is 0.356. The zero-order valence-corrected chi connectivity index (χ0v) is 21.0. The number of hydrogen-bond acceptors (Lipinski definition) is 5. The summed E-state index contributed by atoms with van der Waals surface area (Å²) in [5.41, 5.74) is 8.64. The molecule has 31 heavy (non-hydrogen) atoms. The molecular weight excluding hydrogens is 525 g/mol. The van der Waals surface area contributed by atoms with E-state index in [2.05, 4.69) is 54.8 Å². The van der Waals surface area contributed by atoms with E-state index in [0.717, 1.165) is 68.8 Å². The molecule has 0 bridgehead atoms. The Morgan fingerprint density at radius 1 is 0.968 bits per heavy atom. The fourth-order valence-electron chi connectivity index (χ4n) is 3.89. The molecule has 2 aromatic rings. The molecule has 7 nitrogen and oxygen atoms in total. The smallest absolute Gasteiger partial charge is 0.191 e. The Labute approximate surface area is 206 Å². The van der Waals surface area contributed by atoms with Gasteiger partial charge < -0.3 is 25.3 Å². The number of aromatic nitrogens is 1. The molecule has 0 saturated carbocycles. The van der Waals surface area contributed by atoms with Crippen LogP contribution < -0.4 is 15.5 Å². The third kappa shape index (κ3) is 6.36. The fraction of sp³-hybridized carbons (Fsp3) is 0.455. The normalized spacial score (nSPS) is 18.1. The largest absolute Gasteiger partial charge is 0.370 e. The van der Waals surface area contributed by atoms with Crippen LogP contribution >= 0.6 is 35.6 Å². The van der Waals surface area contributed by atoms with Gasteiger partial charge in [-0.05, 0) is 49.0 Å². The molecule has 168 valence electrons. The summed E-state index contributed by atoms with van der Waals surface area (Å²) in [6, 6.07) is 12.2. The average molecular weight is 556 g/mol. The summed E-state index contributed by atoms with van der Waals surface area (Å²) in [4.78, 5) is 18.4. The number of hydrogen-bond donors (Lipinski definition) is 1. The van der Waals surface area contributed by atoms with E-state index in [4.69, 9.17) is 17.3 Å². The summed E-state index contributed by atoms with van der Waals surface area (Å²) in [5.74, 6) is 1.65. The van der Waals surface area contributed by atoms with E-state index in [1.165, 1.54) is 5.69 Å². The maximum atomic E-state index is 6.30. The monoisotopic (exact) mass is 555 g/mol. The number of piperazine rings is 2. The highest BCUT2D eigenvalue weighted by molar-refractivity contribution is 14.0. The van der Waals surface area contributed by atoms with Crippen molar-refractivity contribution in [1.82, 2.24) is 14.8 Å². The van der Waals surface area contributed by atoms with Crippen LogP contribution in [0.3, 0.4) is 0 Å². The van der Waals surface area contributed by atoms with E-state index in [1.807, 2.05) is 24.4 Å². The van der Waals surface area contributed by atoms with Gasteiger partial charge in [-0.15, -0.1) is 24.0 Å². The molecule has 9 heteroatoms. The minimum absolute atomic E-state index is 0. The average Bonchev–Trinajstić information content (AvgIpc) is 2.79. The first-order valence-corrected chi connectivity index (χ1v) is 10.9. The van der Waals surface area contributed by atoms with Gasteiger partial charge in [-0.1, -0.05) is 11.6 Å². The van der Waals surface area contributed by atoms with Gasteiger partial charge >= 0.3 is 0 Å². The van der Waals surface area contributed by atoms with Crippen molar-refractivity contribution in [2.75, 3.05) is 69.2 Å². The molecule has 0 aliphatic carbocycles. The summed E-state index contributed by atoms with van der Waals surface area (Å²) in [7, 11) is 2.16. The van der Waals surface area contributed by atoms with Crippen molar-refractivity contribution in [3.63, 3.8) is 0 Å². The van der Waals surface area contributed by atoms with Gasteiger partial charge in [-0.2, -0.15) is 0 Å². The highest BCUT2D eigenvalue weighted by Gasteiger charge is 2.19. The van der Waals surface area contributed by atoms with Crippen LogP contribution in [-0.2, 0) is 6.54 Å². The van der Waals surface area contributed by atoms with E-state index < -0.39 is 0 Å². The van der Waals surface area contributed by atoms with Gasteiger partial charge in [0, 0.05) is 69.3 Å². The minimum Gasteiger partial charge on any atom is -0.370 e. The molecule has 2 N–H and O–H groups in total. The molecule has 0 atom stereocenters. The van der Waals surface area contributed by atoms with Crippen LogP contribution in [0.5, 0.6) is 0 Å². The van der Waals surface area contributed by atoms with Gasteiger partial charge in [0.1, 0.15) is 5.82 Å². The maximum absolute atomic E-state index is 6.30. The molecular formula is C22H31ClIN7. The Balaban J connectivity index is 0.00000272. The van der Waals surface area contributed by atoms with Crippen LogP contribution in [-0.4, -0.2) is 80.1 Å². The lowest BCUT2D eigenvalue weighted by Crippen LogP contribution is -2.51. The van der Waals surface area contributed by atoms with Crippen molar-refractivity contribution >= 4 is 53.0 Å². The second-order valence-corrected chi connectivity index (χ2v) is 8.37. The Hall–Kier alpha value is -1.78. The number of nitrogens with zero attached hydrogens (tertiary/aromatic N) is 6. The standard InChI is InChI=1S/C22H30ClN7.HI/c1-27-8-10-29(11-9-27)21-16-18(6-7-25-21)17-26-22(24)30-14-12-28(13-15-30)20-4-2-19(23)3-5-20;/h2-7,16H,8-15,17H2,1H3,(H2,24,26);1H. The second kappa shape index (κ2) is 11.2. The van der Waals surface area contributed by atoms with E-state index in [-0.39, 0.29) is 24.0 Å². The Morgan fingerprint density at radius 3 is 2.29 bits per heavy atom. The van der Waals surface area contributed by atoms with E-state index in [9.17, 15) is 0 Å². The zero-order chi connectivity index (χ0) is 20.9. The molecule has 0 spiro atoms. The molecule has 0 radical (unpaired) electrons. The summed E-state index contributed by atoms with van der Waals surface area (Å²) in [5, 5.41) is 0.764. The molecule has 1 aromatic carbocycles. The number of likely N-dealkylation sites (N-methyl/N-ethyl adjacent to an activating group) is 1. The van der Waals surface area contributed by atoms with Crippen LogP contribution in [0.15, 0.2) is 47.6 Å². The van der Waals surface area contributed by atoms with Gasteiger partial charge in [0.2, 0.25) is 0 Å². The van der Waals surface area contributed by atoms with Crippen LogP contribution in [0.4, 0.5) is 11.5 Å². The summed E-state index contributed by atoms with van der Waals surface area (Å²) < 4.78 is 0. The number of pyridine rings is 1. The molecule has 4 rings (SSSR count). The van der Waals surface area contributed by atoms with Crippen molar-refractivity contribution in [3.05, 3.63) is 53.2 Å². The first-order chi connectivity index (χ1) is 14.6. The van der Waals surface area contributed by atoms with E-state index in [1.54, 1.807) is 0 Å². The minimum atomic E-state index is 0. The van der Waals surface area contributed by atoms with Crippen molar-refractivity contribution in [2.45, 2.75) is 6.54 Å². The molecule has 2 aliphatic heterocycles. The molecule has 2 fully saturated rings. The number of rotatable bonds is 4. The van der Waals surface area contributed by atoms with Crippen molar-refractivity contribution in [2.24, 2.45) is 10.7 Å². The zero-order valence-electron chi connectivity index (χ0n) is 18.0. The highest BCUT2D eigenvalue weighted by atomic mass is 127. The molecule has 0 unspecified atom stereocenters. The van der Waals surface area contributed by atoms with Gasteiger partial charge in [0.05, 0.1) is 6.54 Å². The van der Waals surface area contributed by atoms with E-state index in [0.29, 0.717) is 12.5 Å². The molecule has 3 heterocycles. The number of anilines is 2. The van der Waals surface area contributed by atoms with Crippen molar-refractivity contribution in [3.8, 4) is 0 Å². The van der Waals surface area contributed by atoms with Gasteiger partial charge in [-0.25, -0.2) is 9.98 Å². The lowest BCUT2D eigenvalue weighted by Gasteiger charge is -2.36. The number of guanidine groups is 1. The lowest BCUT2D eigenvalue weighted by atomic mass is 10.2. The van der Waals surface area contributed by atoms with Crippen LogP contribution in [0.1, 0.15) is 5.56 Å². The Bertz CT molecular complexity index is 860. The van der Waals surface area contributed by atoms with E-state index >= 15 is 0 Å². The highest BCUT2D eigenvalue weighted by Crippen LogP contribution is 2.20. The van der Waals surface area contributed by atoms with Crippen LogP contribution in [0.2, 0.25) is 5.02 Å². The summed E-state index contributed by atoms with van der Waals surface area (Å²) in [6.07, 6.45) is 1.87. The topological polar surface area (TPSA) is 64.2 Å². The Kier molecular flexibility index (Phi) is 8.62. The third-order valence-corrected chi connectivity index (χ3v) is 6.11. The second-order valence-electron chi connectivity index (χ2n) is 7.94. The molecule has 2 aliphatic rings. The predicted molar refractivity (Wildman–Crippen MR) is 140 cm³/mol. The number of aliphatic imine (C=N–C) groups is 1. The predicted octanol–water partition coefficient (Wildman–Crippen LogP) is 2.74. The van der Waals surface area contributed by atoms with Crippen molar-refractivity contribution < 1.29 is 0 Å². The van der Waals surface area contributed by atoms with Gasteiger partial charge in [0.25, 0.3) is 0 Å². The van der Waals surface area contributed by atoms with Gasteiger partial charge in [0.15, 0.2) is 5.96 Å². The first kappa shape index (κ1) is 23.9. The number of benzene rings is 1. The van der Waals surface area contributed by atoms with Crippen LogP contribution in [0, 0.1) is 0 Å². The molecule has 2 saturated heterocycles. The van der Waals surface area contributed by atoms with Crippen molar-refractivity contribution in [1.29, 1.82) is 0 Å². The lowest BCUT2D eigenvalue weighted by molar-refractivity contribution is 0.312. The fourth-order valence-corrected chi connectivity index (χ4v) is 4.01. The molecule has 1 aromatic heterocycles. The third-order valence-electron chi connectivity index (χ3n) is 5.86. The van der Waals surface area contributed by atoms with Gasteiger partial charge in [-0.3, -0.25) is 0 Å². The summed E-state index contributed by atoms with van der Waals surface area (Å²) >= 11 is 5.99. The Morgan fingerprint density at radius 2 is 1.61 bits per heavy atom. The number of halogens is 2.